The summed E-state index contributed by atoms with van der Waals surface area (Å²) in [6, 6.07) is 11.7. The van der Waals surface area contributed by atoms with Crippen molar-refractivity contribution in [1.82, 2.24) is 0 Å². The van der Waals surface area contributed by atoms with Crippen LogP contribution in [0.15, 0.2) is 42.5 Å². The molecule has 0 spiro atoms. The van der Waals surface area contributed by atoms with E-state index >= 15 is 0 Å². The van der Waals surface area contributed by atoms with Crippen molar-refractivity contribution in [2.24, 2.45) is 5.73 Å². The van der Waals surface area contributed by atoms with Crippen molar-refractivity contribution in [2.75, 3.05) is 12.4 Å². The summed E-state index contributed by atoms with van der Waals surface area (Å²) in [6.45, 7) is 0. The lowest BCUT2D eigenvalue weighted by molar-refractivity contribution is -0.115. The fourth-order valence-electron chi connectivity index (χ4n) is 2.01. The van der Waals surface area contributed by atoms with Crippen molar-refractivity contribution in [3.05, 3.63) is 58.6 Å². The van der Waals surface area contributed by atoms with Gasteiger partial charge in [-0.2, -0.15) is 0 Å². The van der Waals surface area contributed by atoms with Gasteiger partial charge in [-0.15, -0.1) is 0 Å². The zero-order chi connectivity index (χ0) is 16.1. The number of nitrogens with one attached hydrogen (secondary N) is 1. The smallest absolute Gasteiger partial charge is 0.250 e. The van der Waals surface area contributed by atoms with Crippen LogP contribution in [-0.2, 0) is 11.2 Å². The number of carbonyl (C=O) groups is 2. The molecule has 0 saturated carbocycles. The minimum atomic E-state index is -0.594. The Bertz CT molecular complexity index is 716. The second-order valence-electron chi connectivity index (χ2n) is 4.60. The number of halogens is 1. The van der Waals surface area contributed by atoms with Crippen molar-refractivity contribution >= 4 is 29.1 Å². The van der Waals surface area contributed by atoms with Gasteiger partial charge in [0.1, 0.15) is 5.75 Å². The third-order valence-electron chi connectivity index (χ3n) is 3.05. The fraction of sp³-hybridized carbons (Fsp3) is 0.125. The highest BCUT2D eigenvalue weighted by Crippen LogP contribution is 2.25. The summed E-state index contributed by atoms with van der Waals surface area (Å²) in [4.78, 5) is 23.4. The molecule has 2 aromatic carbocycles. The first kappa shape index (κ1) is 15.9. The molecule has 0 heterocycles. The molecule has 0 atom stereocenters. The maximum atomic E-state index is 12.1. The van der Waals surface area contributed by atoms with Crippen LogP contribution < -0.4 is 15.8 Å². The maximum Gasteiger partial charge on any atom is 0.250 e. The van der Waals surface area contributed by atoms with Gasteiger partial charge in [0.25, 0.3) is 5.91 Å². The Morgan fingerprint density at radius 1 is 1.23 bits per heavy atom. The van der Waals surface area contributed by atoms with Crippen molar-refractivity contribution in [3.63, 3.8) is 0 Å². The number of nitrogens with two attached hydrogens (primary N) is 1. The van der Waals surface area contributed by atoms with E-state index in [2.05, 4.69) is 5.32 Å². The average molecular weight is 319 g/mol. The third-order valence-corrected chi connectivity index (χ3v) is 3.34. The number of carbonyl (C=O) groups excluding carboxylic acids is 2. The summed E-state index contributed by atoms with van der Waals surface area (Å²) in [6.07, 6.45) is 0.122. The molecule has 5 nitrogen and oxygen atoms in total. The molecule has 0 aromatic heterocycles. The minimum Gasteiger partial charge on any atom is -0.495 e. The summed E-state index contributed by atoms with van der Waals surface area (Å²) in [5, 5.41) is 3.11. The van der Waals surface area contributed by atoms with E-state index in [9.17, 15) is 9.59 Å². The molecule has 0 radical (unpaired) electrons. The van der Waals surface area contributed by atoms with Gasteiger partial charge in [-0.3, -0.25) is 9.59 Å². The molecule has 0 saturated heterocycles. The Hall–Kier alpha value is -2.53. The third kappa shape index (κ3) is 3.77. The van der Waals surface area contributed by atoms with E-state index in [4.69, 9.17) is 22.1 Å². The number of benzene rings is 2. The molecule has 0 fully saturated rings. The maximum absolute atomic E-state index is 12.1. The van der Waals surface area contributed by atoms with Crippen LogP contribution in [0.25, 0.3) is 0 Å². The minimum absolute atomic E-state index is 0.122. The van der Waals surface area contributed by atoms with Crippen LogP contribution in [0.5, 0.6) is 5.75 Å². The van der Waals surface area contributed by atoms with Gasteiger partial charge in [-0.1, -0.05) is 29.8 Å². The number of rotatable bonds is 5. The Labute approximate surface area is 133 Å². The Morgan fingerprint density at radius 3 is 2.59 bits per heavy atom. The number of primary amides is 1. The van der Waals surface area contributed by atoms with E-state index in [1.54, 1.807) is 42.5 Å². The first-order valence-electron chi connectivity index (χ1n) is 6.52. The molecule has 2 aromatic rings. The summed E-state index contributed by atoms with van der Waals surface area (Å²) < 4.78 is 5.06. The molecule has 0 bridgehead atoms. The van der Waals surface area contributed by atoms with Crippen LogP contribution in [0.3, 0.4) is 0 Å². The SMILES string of the molecule is COc1ccc(CC(=O)Nc2ccccc2C(N)=O)cc1Cl. The molecule has 0 unspecified atom stereocenters. The number of amides is 2. The van der Waals surface area contributed by atoms with Crippen molar-refractivity contribution in [2.45, 2.75) is 6.42 Å². The molecule has 3 N–H and O–H groups in total. The van der Waals surface area contributed by atoms with Gasteiger partial charge < -0.3 is 15.8 Å². The van der Waals surface area contributed by atoms with Gasteiger partial charge in [0.15, 0.2) is 0 Å². The Morgan fingerprint density at radius 2 is 1.95 bits per heavy atom. The molecule has 2 rings (SSSR count). The van der Waals surface area contributed by atoms with Crippen LogP contribution in [0.2, 0.25) is 5.02 Å². The number of para-hydroxylation sites is 1. The van der Waals surface area contributed by atoms with Crippen molar-refractivity contribution < 1.29 is 14.3 Å². The average Bonchev–Trinajstić information content (AvgIpc) is 2.47. The summed E-state index contributed by atoms with van der Waals surface area (Å²) >= 11 is 6.02. The quantitative estimate of drug-likeness (QED) is 0.889. The first-order chi connectivity index (χ1) is 10.5. The zero-order valence-corrected chi connectivity index (χ0v) is 12.7. The fourth-order valence-corrected chi connectivity index (χ4v) is 2.29. The molecule has 22 heavy (non-hydrogen) atoms. The van der Waals surface area contributed by atoms with Gasteiger partial charge in [0.05, 0.1) is 29.8 Å². The second-order valence-corrected chi connectivity index (χ2v) is 5.01. The molecular weight excluding hydrogens is 304 g/mol. The van der Waals surface area contributed by atoms with E-state index in [-0.39, 0.29) is 17.9 Å². The van der Waals surface area contributed by atoms with Gasteiger partial charge in [0, 0.05) is 0 Å². The highest BCUT2D eigenvalue weighted by atomic mass is 35.5. The van der Waals surface area contributed by atoms with E-state index in [1.165, 1.54) is 7.11 Å². The highest BCUT2D eigenvalue weighted by molar-refractivity contribution is 6.32. The lowest BCUT2D eigenvalue weighted by atomic mass is 10.1. The van der Waals surface area contributed by atoms with E-state index in [0.717, 1.165) is 5.56 Å². The second kappa shape index (κ2) is 6.95. The monoisotopic (exact) mass is 318 g/mol. The number of methoxy groups -OCH3 is 1. The van der Waals surface area contributed by atoms with E-state index in [1.807, 2.05) is 0 Å². The largest absolute Gasteiger partial charge is 0.495 e. The normalized spacial score (nSPS) is 10.1. The van der Waals surface area contributed by atoms with Crippen LogP contribution in [0.4, 0.5) is 5.69 Å². The lowest BCUT2D eigenvalue weighted by Gasteiger charge is -2.09. The van der Waals surface area contributed by atoms with Crippen LogP contribution in [0, 0.1) is 0 Å². The lowest BCUT2D eigenvalue weighted by Crippen LogP contribution is -2.19. The summed E-state index contributed by atoms with van der Waals surface area (Å²) in [5.74, 6) is -0.316. The predicted molar refractivity (Wildman–Crippen MR) is 85.3 cm³/mol. The first-order valence-corrected chi connectivity index (χ1v) is 6.90. The van der Waals surface area contributed by atoms with Gasteiger partial charge in [-0.25, -0.2) is 0 Å². The molecular formula is C16H15ClN2O3. The van der Waals surface area contributed by atoms with Crippen LogP contribution in [-0.4, -0.2) is 18.9 Å². The molecule has 114 valence electrons. The standard InChI is InChI=1S/C16H15ClN2O3/c1-22-14-7-6-10(8-12(14)17)9-15(20)19-13-5-3-2-4-11(13)16(18)21/h2-8H,9H2,1H3,(H2,18,21)(H,19,20). The molecule has 6 heteroatoms. The van der Waals surface area contributed by atoms with Gasteiger partial charge in [-0.05, 0) is 29.8 Å². The topological polar surface area (TPSA) is 81.4 Å². The Kier molecular flexibility index (Phi) is 5.01. The predicted octanol–water partition coefficient (Wildman–Crippen LogP) is 2.63. The van der Waals surface area contributed by atoms with E-state index < -0.39 is 5.91 Å². The number of hydrogen-bond donors (Lipinski definition) is 2. The van der Waals surface area contributed by atoms with Gasteiger partial charge >= 0.3 is 0 Å². The van der Waals surface area contributed by atoms with Crippen molar-refractivity contribution in [3.8, 4) is 5.75 Å². The zero-order valence-electron chi connectivity index (χ0n) is 11.9. The number of ether oxygens (including phenoxy) is 1. The molecule has 2 amide bonds. The highest BCUT2D eigenvalue weighted by Gasteiger charge is 2.11. The summed E-state index contributed by atoms with van der Waals surface area (Å²) in [7, 11) is 1.52. The Balaban J connectivity index is 2.11. The van der Waals surface area contributed by atoms with Crippen LogP contribution >= 0.6 is 11.6 Å². The molecule has 0 aliphatic carbocycles. The molecule has 0 aliphatic rings. The summed E-state index contributed by atoms with van der Waals surface area (Å²) in [5.41, 5.74) is 6.66. The van der Waals surface area contributed by atoms with Crippen LogP contribution in [0.1, 0.15) is 15.9 Å². The number of anilines is 1. The molecule has 0 aliphatic heterocycles. The van der Waals surface area contributed by atoms with Crippen molar-refractivity contribution in [1.29, 1.82) is 0 Å². The van der Waals surface area contributed by atoms with Gasteiger partial charge in [0.2, 0.25) is 5.91 Å². The van der Waals surface area contributed by atoms with E-state index in [0.29, 0.717) is 16.5 Å². The number of hydrogen-bond acceptors (Lipinski definition) is 3.